The second kappa shape index (κ2) is 6.58. The summed E-state index contributed by atoms with van der Waals surface area (Å²) in [6, 6.07) is -0.337. The van der Waals surface area contributed by atoms with Gasteiger partial charge in [-0.15, -0.1) is 0 Å². The van der Waals surface area contributed by atoms with Gasteiger partial charge < -0.3 is 11.1 Å². The van der Waals surface area contributed by atoms with Crippen LogP contribution in [0.4, 0.5) is 0 Å². The summed E-state index contributed by atoms with van der Waals surface area (Å²) in [5, 5.41) is 3.48. The molecule has 1 saturated heterocycles. The van der Waals surface area contributed by atoms with Crippen LogP contribution < -0.4 is 11.1 Å². The lowest BCUT2D eigenvalue weighted by Crippen LogP contribution is -2.43. The Labute approximate surface area is 94.0 Å². The molecule has 1 heterocycles. The Balaban J connectivity index is 2.15. The van der Waals surface area contributed by atoms with E-state index >= 15 is 0 Å². The van der Waals surface area contributed by atoms with Gasteiger partial charge >= 0.3 is 0 Å². The third kappa shape index (κ3) is 4.11. The van der Waals surface area contributed by atoms with Gasteiger partial charge in [-0.25, -0.2) is 0 Å². The minimum absolute atomic E-state index is 0.0105. The summed E-state index contributed by atoms with van der Waals surface area (Å²) in [6.07, 6.45) is 0.707. The maximum absolute atomic E-state index is 11.4. The number of amides is 1. The highest BCUT2D eigenvalue weighted by atomic mass is 32.2. The topological polar surface area (TPSA) is 55.1 Å². The molecule has 0 radical (unpaired) electrons. The highest BCUT2D eigenvalue weighted by Gasteiger charge is 2.16. The van der Waals surface area contributed by atoms with Crippen LogP contribution in [-0.4, -0.2) is 41.0 Å². The maximum Gasteiger partial charge on any atom is 0.236 e. The van der Waals surface area contributed by atoms with Crippen molar-refractivity contribution in [1.82, 2.24) is 5.32 Å². The number of hydrogen-bond acceptors (Lipinski definition) is 4. The zero-order chi connectivity index (χ0) is 10.4. The van der Waals surface area contributed by atoms with Crippen LogP contribution in [0.3, 0.4) is 0 Å². The van der Waals surface area contributed by atoms with Crippen molar-refractivity contribution >= 4 is 29.4 Å². The highest BCUT2D eigenvalue weighted by molar-refractivity contribution is 8.06. The molecule has 0 saturated carbocycles. The first kappa shape index (κ1) is 12.2. The third-order valence-corrected chi connectivity index (χ3v) is 5.01. The number of nitrogens with one attached hydrogen (secondary N) is 1. The molecule has 1 aliphatic rings. The van der Waals surface area contributed by atoms with Gasteiger partial charge in [-0.1, -0.05) is 6.92 Å². The quantitative estimate of drug-likeness (QED) is 0.751. The van der Waals surface area contributed by atoms with Crippen molar-refractivity contribution in [1.29, 1.82) is 0 Å². The fourth-order valence-electron chi connectivity index (χ4n) is 1.19. The maximum atomic E-state index is 11.4. The van der Waals surface area contributed by atoms with Gasteiger partial charge in [0.25, 0.3) is 0 Å². The molecular formula is C9H18N2OS2. The molecule has 1 unspecified atom stereocenters. The Kier molecular flexibility index (Phi) is 5.74. The zero-order valence-corrected chi connectivity index (χ0v) is 10.1. The van der Waals surface area contributed by atoms with Crippen LogP contribution >= 0.6 is 23.5 Å². The largest absolute Gasteiger partial charge is 0.354 e. The van der Waals surface area contributed by atoms with E-state index in [9.17, 15) is 4.79 Å². The van der Waals surface area contributed by atoms with E-state index in [0.29, 0.717) is 11.7 Å². The van der Waals surface area contributed by atoms with Gasteiger partial charge in [-0.05, 0) is 6.42 Å². The molecular weight excluding hydrogens is 216 g/mol. The standard InChI is InChI=1S/C9H18N2OS2/c1-2-8(10)9(12)11-5-7-6-13-3-4-14-7/h7-8H,2-6,10H2,1H3,(H,11,12)/t7?,8-/m1/s1. The Morgan fingerprint density at radius 2 is 2.43 bits per heavy atom. The molecule has 3 N–H and O–H groups in total. The Hall–Kier alpha value is 0.130. The molecule has 82 valence electrons. The molecule has 0 aromatic heterocycles. The van der Waals surface area contributed by atoms with Gasteiger partial charge in [0.15, 0.2) is 0 Å². The Morgan fingerprint density at radius 1 is 1.64 bits per heavy atom. The van der Waals surface area contributed by atoms with Crippen LogP contribution in [0, 0.1) is 0 Å². The zero-order valence-electron chi connectivity index (χ0n) is 8.49. The molecule has 1 aliphatic heterocycles. The van der Waals surface area contributed by atoms with Gasteiger partial charge in [0, 0.05) is 29.1 Å². The number of nitrogens with two attached hydrogens (primary N) is 1. The van der Waals surface area contributed by atoms with Crippen molar-refractivity contribution in [3.8, 4) is 0 Å². The number of rotatable bonds is 4. The number of carbonyl (C=O) groups excluding carboxylic acids is 1. The first-order valence-corrected chi connectivity index (χ1v) is 7.17. The molecule has 1 amide bonds. The first-order valence-electron chi connectivity index (χ1n) is 4.96. The van der Waals surface area contributed by atoms with Crippen molar-refractivity contribution in [2.75, 3.05) is 23.8 Å². The van der Waals surface area contributed by atoms with Crippen molar-refractivity contribution in [3.05, 3.63) is 0 Å². The lowest BCUT2D eigenvalue weighted by atomic mass is 10.2. The summed E-state index contributed by atoms with van der Waals surface area (Å²) in [5.41, 5.74) is 5.61. The van der Waals surface area contributed by atoms with Crippen LogP contribution in [-0.2, 0) is 4.79 Å². The van der Waals surface area contributed by atoms with Gasteiger partial charge in [-0.2, -0.15) is 23.5 Å². The molecule has 0 aromatic carbocycles. The molecule has 5 heteroatoms. The van der Waals surface area contributed by atoms with Crippen LogP contribution in [0.1, 0.15) is 13.3 Å². The molecule has 1 rings (SSSR count). The minimum atomic E-state index is -0.337. The average Bonchev–Trinajstić information content (AvgIpc) is 2.26. The Morgan fingerprint density at radius 3 is 3.00 bits per heavy atom. The molecule has 0 aliphatic carbocycles. The monoisotopic (exact) mass is 234 g/mol. The average molecular weight is 234 g/mol. The summed E-state index contributed by atoms with van der Waals surface area (Å²) < 4.78 is 0. The predicted molar refractivity (Wildman–Crippen MR) is 64.8 cm³/mol. The van der Waals surface area contributed by atoms with Crippen molar-refractivity contribution in [2.24, 2.45) is 5.73 Å². The second-order valence-corrected chi connectivity index (χ2v) is 5.89. The number of carbonyl (C=O) groups is 1. The summed E-state index contributed by atoms with van der Waals surface area (Å²) in [6.45, 7) is 2.69. The normalized spacial score (nSPS) is 24.3. The van der Waals surface area contributed by atoms with Gasteiger partial charge in [0.2, 0.25) is 5.91 Å². The molecule has 0 bridgehead atoms. The summed E-state index contributed by atoms with van der Waals surface area (Å²) >= 11 is 3.91. The fraction of sp³-hybridized carbons (Fsp3) is 0.889. The Bertz CT molecular complexity index is 184. The highest BCUT2D eigenvalue weighted by Crippen LogP contribution is 2.23. The van der Waals surface area contributed by atoms with Crippen molar-refractivity contribution in [2.45, 2.75) is 24.6 Å². The van der Waals surface area contributed by atoms with Gasteiger partial charge in [-0.3, -0.25) is 4.79 Å². The lowest BCUT2D eigenvalue weighted by molar-refractivity contribution is -0.122. The van der Waals surface area contributed by atoms with E-state index in [1.54, 1.807) is 0 Å². The van der Waals surface area contributed by atoms with E-state index in [4.69, 9.17) is 5.73 Å². The molecule has 2 atom stereocenters. The van der Waals surface area contributed by atoms with E-state index in [0.717, 1.165) is 12.3 Å². The number of hydrogen-bond donors (Lipinski definition) is 2. The van der Waals surface area contributed by atoms with Crippen LogP contribution in [0.2, 0.25) is 0 Å². The molecule has 0 spiro atoms. The lowest BCUT2D eigenvalue weighted by Gasteiger charge is -2.21. The SMILES string of the molecule is CC[C@@H](N)C(=O)NCC1CSCCS1. The summed E-state index contributed by atoms with van der Waals surface area (Å²) in [7, 11) is 0. The number of thioether (sulfide) groups is 2. The van der Waals surface area contributed by atoms with E-state index in [1.807, 2.05) is 30.4 Å². The van der Waals surface area contributed by atoms with E-state index < -0.39 is 0 Å². The van der Waals surface area contributed by atoms with Gasteiger partial charge in [0.05, 0.1) is 6.04 Å². The summed E-state index contributed by atoms with van der Waals surface area (Å²) in [5.74, 6) is 3.57. The van der Waals surface area contributed by atoms with Gasteiger partial charge in [0.1, 0.15) is 0 Å². The van der Waals surface area contributed by atoms with Crippen LogP contribution in [0.25, 0.3) is 0 Å². The van der Waals surface area contributed by atoms with Crippen LogP contribution in [0.5, 0.6) is 0 Å². The van der Waals surface area contributed by atoms with E-state index in [2.05, 4.69) is 5.32 Å². The summed E-state index contributed by atoms with van der Waals surface area (Å²) in [4.78, 5) is 11.4. The molecule has 1 fully saturated rings. The molecule has 14 heavy (non-hydrogen) atoms. The van der Waals surface area contributed by atoms with Crippen molar-refractivity contribution < 1.29 is 4.79 Å². The smallest absolute Gasteiger partial charge is 0.236 e. The predicted octanol–water partition coefficient (Wildman–Crippen LogP) is 0.689. The first-order chi connectivity index (χ1) is 6.74. The van der Waals surface area contributed by atoms with E-state index in [-0.39, 0.29) is 11.9 Å². The second-order valence-electron chi connectivity index (χ2n) is 3.33. The molecule has 0 aromatic rings. The third-order valence-electron chi connectivity index (χ3n) is 2.17. The minimum Gasteiger partial charge on any atom is -0.354 e. The van der Waals surface area contributed by atoms with Crippen LogP contribution in [0.15, 0.2) is 0 Å². The van der Waals surface area contributed by atoms with Crippen molar-refractivity contribution in [3.63, 3.8) is 0 Å². The fourth-order valence-corrected chi connectivity index (χ4v) is 3.80. The van der Waals surface area contributed by atoms with E-state index in [1.165, 1.54) is 11.5 Å². The molecule has 3 nitrogen and oxygen atoms in total.